The number of unbranched alkanes of at least 4 members (excludes halogenated alkanes) is 1. The standard InChI is InChI=1S/C29H51N3O5SSi/c1-12-15-16-17-36-32(27(33)25(30)21(6)13-2)23(20(4)5)18-24(37-39(10,11)29(7,8)9)26-31-22(19-38-26)28(34)35-14-3/h1,19-21,23-25H,13-18,30H2,2-11H3/t21-,23+,24?,25-/m0/s1. The van der Waals surface area contributed by atoms with E-state index in [4.69, 9.17) is 26.2 Å². The van der Waals surface area contributed by atoms with E-state index in [0.717, 1.165) is 6.42 Å². The number of nitrogens with zero attached hydrogens (tertiary/aromatic N) is 2. The van der Waals surface area contributed by atoms with Crippen LogP contribution in [0.3, 0.4) is 0 Å². The highest BCUT2D eigenvalue weighted by molar-refractivity contribution is 7.09. The van der Waals surface area contributed by atoms with Crippen molar-refractivity contribution >= 4 is 31.5 Å². The monoisotopic (exact) mass is 581 g/mol. The van der Waals surface area contributed by atoms with Crippen LogP contribution in [0, 0.1) is 24.2 Å². The molecule has 1 aromatic heterocycles. The van der Waals surface area contributed by atoms with Gasteiger partial charge in [-0.3, -0.25) is 9.63 Å². The van der Waals surface area contributed by atoms with E-state index in [9.17, 15) is 9.59 Å². The summed E-state index contributed by atoms with van der Waals surface area (Å²) < 4.78 is 12.1. The second-order valence-electron chi connectivity index (χ2n) is 11.9. The summed E-state index contributed by atoms with van der Waals surface area (Å²) in [5.41, 5.74) is 6.68. The van der Waals surface area contributed by atoms with Crippen molar-refractivity contribution in [3.8, 4) is 12.3 Å². The number of rotatable bonds is 16. The second-order valence-corrected chi connectivity index (χ2v) is 17.6. The first kappa shape index (κ1) is 35.3. The van der Waals surface area contributed by atoms with E-state index in [1.165, 1.54) is 16.4 Å². The molecule has 222 valence electrons. The van der Waals surface area contributed by atoms with Gasteiger partial charge < -0.3 is 14.9 Å². The minimum absolute atomic E-state index is 0.00695. The lowest BCUT2D eigenvalue weighted by Crippen LogP contribution is -2.53. The molecule has 0 spiro atoms. The molecule has 39 heavy (non-hydrogen) atoms. The Labute approximate surface area is 241 Å². The SMILES string of the molecule is C#CCCCON(C(=O)[C@@H](N)[C@@H](C)CC)[C@H](CC(O[Si](C)(C)C(C)(C)C)c1nc(C(=O)OCC)cs1)C(C)C. The van der Waals surface area contributed by atoms with Crippen molar-refractivity contribution in [1.29, 1.82) is 0 Å². The molecule has 0 aliphatic heterocycles. The Morgan fingerprint density at radius 3 is 2.38 bits per heavy atom. The summed E-state index contributed by atoms with van der Waals surface area (Å²) >= 11 is 1.37. The van der Waals surface area contributed by atoms with Gasteiger partial charge in [0.2, 0.25) is 0 Å². The third-order valence-electron chi connectivity index (χ3n) is 7.51. The maximum Gasteiger partial charge on any atom is 0.357 e. The zero-order valence-electron chi connectivity index (χ0n) is 25.7. The third kappa shape index (κ3) is 10.3. The number of ether oxygens (including phenoxy) is 1. The number of hydrogen-bond acceptors (Lipinski definition) is 8. The predicted octanol–water partition coefficient (Wildman–Crippen LogP) is 6.34. The van der Waals surface area contributed by atoms with E-state index in [0.29, 0.717) is 30.9 Å². The van der Waals surface area contributed by atoms with Crippen LogP contribution in [-0.4, -0.2) is 55.5 Å². The largest absolute Gasteiger partial charge is 0.461 e. The lowest BCUT2D eigenvalue weighted by molar-refractivity contribution is -0.211. The van der Waals surface area contributed by atoms with Crippen LogP contribution < -0.4 is 5.73 Å². The Morgan fingerprint density at radius 1 is 1.23 bits per heavy atom. The molecule has 0 saturated heterocycles. The molecular formula is C29H51N3O5SSi. The van der Waals surface area contributed by atoms with Gasteiger partial charge in [0.15, 0.2) is 14.0 Å². The highest BCUT2D eigenvalue weighted by Crippen LogP contribution is 2.42. The zero-order valence-corrected chi connectivity index (χ0v) is 27.5. The number of carbonyl (C=O) groups excluding carboxylic acids is 2. The summed E-state index contributed by atoms with van der Waals surface area (Å²) in [6.07, 6.45) is 7.38. The molecule has 0 aliphatic rings. The molecule has 0 fully saturated rings. The normalized spacial score (nSPS) is 15.4. The maximum atomic E-state index is 13.7. The van der Waals surface area contributed by atoms with Crippen LogP contribution in [0.2, 0.25) is 18.1 Å². The van der Waals surface area contributed by atoms with E-state index >= 15 is 0 Å². The number of aromatic nitrogens is 1. The number of hydroxylamine groups is 2. The first-order valence-electron chi connectivity index (χ1n) is 14.1. The van der Waals surface area contributed by atoms with Crippen molar-refractivity contribution in [2.75, 3.05) is 13.2 Å². The molecule has 10 heteroatoms. The average molecular weight is 582 g/mol. The summed E-state index contributed by atoms with van der Waals surface area (Å²) in [5.74, 6) is 1.93. The lowest BCUT2D eigenvalue weighted by atomic mass is 9.94. The van der Waals surface area contributed by atoms with Crippen LogP contribution >= 0.6 is 11.3 Å². The Bertz CT molecular complexity index is 953. The fraction of sp³-hybridized carbons (Fsp3) is 0.759. The van der Waals surface area contributed by atoms with Crippen LogP contribution in [0.4, 0.5) is 0 Å². The predicted molar refractivity (Wildman–Crippen MR) is 161 cm³/mol. The fourth-order valence-electron chi connectivity index (χ4n) is 3.63. The number of terminal acetylenes is 1. The first-order chi connectivity index (χ1) is 18.1. The van der Waals surface area contributed by atoms with Gasteiger partial charge in [0, 0.05) is 18.2 Å². The van der Waals surface area contributed by atoms with Gasteiger partial charge >= 0.3 is 5.97 Å². The van der Waals surface area contributed by atoms with Crippen LogP contribution in [0.15, 0.2) is 5.38 Å². The van der Waals surface area contributed by atoms with Gasteiger partial charge in [0.1, 0.15) is 5.01 Å². The zero-order chi connectivity index (χ0) is 30.0. The summed E-state index contributed by atoms with van der Waals surface area (Å²) in [6.45, 7) is 21.3. The molecular weight excluding hydrogens is 530 g/mol. The van der Waals surface area contributed by atoms with Gasteiger partial charge in [-0.25, -0.2) is 14.8 Å². The molecule has 1 heterocycles. The van der Waals surface area contributed by atoms with E-state index in [-0.39, 0.29) is 41.1 Å². The van der Waals surface area contributed by atoms with Crippen molar-refractivity contribution in [2.45, 2.75) is 117 Å². The summed E-state index contributed by atoms with van der Waals surface area (Å²) in [7, 11) is -2.27. The third-order valence-corrected chi connectivity index (χ3v) is 12.9. The minimum Gasteiger partial charge on any atom is -0.461 e. The highest BCUT2D eigenvalue weighted by Gasteiger charge is 2.42. The topological polar surface area (TPSA) is 104 Å². The number of hydrogen-bond donors (Lipinski definition) is 1. The summed E-state index contributed by atoms with van der Waals surface area (Å²) in [5, 5.41) is 3.80. The van der Waals surface area contributed by atoms with Gasteiger partial charge in [0.25, 0.3) is 5.91 Å². The van der Waals surface area contributed by atoms with Gasteiger partial charge in [-0.15, -0.1) is 23.7 Å². The summed E-state index contributed by atoms with van der Waals surface area (Å²) in [4.78, 5) is 36.8. The molecule has 8 nitrogen and oxygen atoms in total. The molecule has 0 saturated carbocycles. The van der Waals surface area contributed by atoms with E-state index in [1.807, 2.05) is 13.8 Å². The van der Waals surface area contributed by atoms with E-state index in [1.54, 1.807) is 12.3 Å². The van der Waals surface area contributed by atoms with Gasteiger partial charge in [-0.1, -0.05) is 54.9 Å². The fourth-order valence-corrected chi connectivity index (χ4v) is 5.81. The maximum absolute atomic E-state index is 13.7. The van der Waals surface area contributed by atoms with Crippen LogP contribution in [0.5, 0.6) is 0 Å². The molecule has 0 aliphatic carbocycles. The number of thiazole rings is 1. The summed E-state index contributed by atoms with van der Waals surface area (Å²) in [6, 6.07) is -1.04. The Morgan fingerprint density at radius 2 is 1.87 bits per heavy atom. The Kier molecular flexibility index (Phi) is 14.3. The highest BCUT2D eigenvalue weighted by atomic mass is 32.1. The van der Waals surface area contributed by atoms with Gasteiger partial charge in [-0.05, 0) is 43.3 Å². The van der Waals surface area contributed by atoms with Crippen molar-refractivity contribution in [3.63, 3.8) is 0 Å². The van der Waals surface area contributed by atoms with Crippen molar-refractivity contribution in [1.82, 2.24) is 10.0 Å². The van der Waals surface area contributed by atoms with Crippen LogP contribution in [-0.2, 0) is 18.8 Å². The average Bonchev–Trinajstić information content (AvgIpc) is 3.35. The number of carbonyl (C=O) groups is 2. The quantitative estimate of drug-likeness (QED) is 0.0798. The Balaban J connectivity index is 3.50. The minimum atomic E-state index is -2.27. The van der Waals surface area contributed by atoms with E-state index < -0.39 is 26.4 Å². The number of amides is 1. The Hall–Kier alpha value is -1.77. The smallest absolute Gasteiger partial charge is 0.357 e. The number of esters is 1. The van der Waals surface area contributed by atoms with Gasteiger partial charge in [-0.2, -0.15) is 0 Å². The van der Waals surface area contributed by atoms with Crippen molar-refractivity contribution < 1.29 is 23.6 Å². The van der Waals surface area contributed by atoms with Crippen LogP contribution in [0.1, 0.15) is 103 Å². The molecule has 0 bridgehead atoms. The second kappa shape index (κ2) is 15.9. The molecule has 1 rings (SSSR count). The molecule has 2 N–H and O–H groups in total. The van der Waals surface area contributed by atoms with Crippen molar-refractivity contribution in [2.24, 2.45) is 17.6 Å². The van der Waals surface area contributed by atoms with Gasteiger partial charge in [0.05, 0.1) is 31.4 Å². The lowest BCUT2D eigenvalue weighted by Gasteiger charge is -2.41. The molecule has 1 amide bonds. The first-order valence-corrected chi connectivity index (χ1v) is 17.8. The number of nitrogens with two attached hydrogens (primary N) is 1. The van der Waals surface area contributed by atoms with E-state index in [2.05, 4.69) is 58.6 Å². The molecule has 0 aromatic carbocycles. The van der Waals surface area contributed by atoms with Crippen LogP contribution in [0.25, 0.3) is 0 Å². The molecule has 1 aromatic rings. The van der Waals surface area contributed by atoms with Crippen molar-refractivity contribution in [3.05, 3.63) is 16.1 Å². The molecule has 0 radical (unpaired) electrons. The molecule has 4 atom stereocenters. The molecule has 1 unspecified atom stereocenters.